The summed E-state index contributed by atoms with van der Waals surface area (Å²) in [6.07, 6.45) is 5.79. The van der Waals surface area contributed by atoms with Crippen LogP contribution in [0.4, 0.5) is 4.79 Å². The Hall–Kier alpha value is -1.52. The fraction of sp³-hybridized carbons (Fsp3) is 0.750. The Balaban J connectivity index is 1.87. The summed E-state index contributed by atoms with van der Waals surface area (Å²) in [5.41, 5.74) is 0.765. The molecule has 0 spiro atoms. The van der Waals surface area contributed by atoms with Gasteiger partial charge in [-0.3, -0.25) is 4.68 Å². The van der Waals surface area contributed by atoms with Gasteiger partial charge in [-0.05, 0) is 58.9 Å². The molecule has 0 radical (unpaired) electrons. The van der Waals surface area contributed by atoms with Crippen LogP contribution in [0.2, 0.25) is 0 Å². The highest BCUT2D eigenvalue weighted by atomic mass is 16.6. The third-order valence-corrected chi connectivity index (χ3v) is 4.02. The minimum Gasteiger partial charge on any atom is -0.444 e. The van der Waals surface area contributed by atoms with Crippen molar-refractivity contribution >= 4 is 6.09 Å². The number of hydrogen-bond donors (Lipinski definition) is 0. The minimum atomic E-state index is -0.423. The molecule has 2 rings (SSSR count). The van der Waals surface area contributed by atoms with Gasteiger partial charge in [0.2, 0.25) is 0 Å². The fourth-order valence-electron chi connectivity index (χ4n) is 2.76. The molecule has 1 aromatic rings. The van der Waals surface area contributed by atoms with Crippen molar-refractivity contribution in [3.63, 3.8) is 0 Å². The topological polar surface area (TPSA) is 47.4 Å². The zero-order valence-electron chi connectivity index (χ0n) is 13.8. The van der Waals surface area contributed by atoms with Gasteiger partial charge in [0.1, 0.15) is 5.60 Å². The van der Waals surface area contributed by atoms with Crippen molar-refractivity contribution in [1.82, 2.24) is 14.7 Å². The van der Waals surface area contributed by atoms with Crippen molar-refractivity contribution in [2.75, 3.05) is 13.1 Å². The van der Waals surface area contributed by atoms with Crippen LogP contribution >= 0.6 is 0 Å². The van der Waals surface area contributed by atoms with E-state index >= 15 is 0 Å². The van der Waals surface area contributed by atoms with Crippen molar-refractivity contribution < 1.29 is 9.53 Å². The highest BCUT2D eigenvalue weighted by Gasteiger charge is 2.29. The first-order valence-electron chi connectivity index (χ1n) is 7.75. The fourth-order valence-corrected chi connectivity index (χ4v) is 2.76. The molecule has 2 heterocycles. The van der Waals surface area contributed by atoms with Crippen LogP contribution < -0.4 is 0 Å². The maximum absolute atomic E-state index is 12.0. The van der Waals surface area contributed by atoms with Gasteiger partial charge in [0, 0.05) is 19.3 Å². The molecule has 21 heavy (non-hydrogen) atoms. The molecule has 5 heteroatoms. The minimum absolute atomic E-state index is 0.191. The SMILES string of the molecule is Cc1cnn([C@@H](C)C2CCN(C(=O)OC(C)(C)C)CC2)c1. The Bertz CT molecular complexity index is 482. The Morgan fingerprint density at radius 3 is 2.48 bits per heavy atom. The van der Waals surface area contributed by atoms with Crippen LogP contribution in [0.3, 0.4) is 0 Å². The molecule has 0 saturated carbocycles. The highest BCUT2D eigenvalue weighted by Crippen LogP contribution is 2.28. The number of carbonyl (C=O) groups is 1. The second-order valence-electron chi connectivity index (χ2n) is 7.04. The lowest BCUT2D eigenvalue weighted by Crippen LogP contribution is -2.42. The average Bonchev–Trinajstić information content (AvgIpc) is 2.83. The largest absolute Gasteiger partial charge is 0.444 e. The van der Waals surface area contributed by atoms with Gasteiger partial charge in [-0.2, -0.15) is 5.10 Å². The van der Waals surface area contributed by atoms with E-state index in [1.165, 1.54) is 5.56 Å². The predicted octanol–water partition coefficient (Wildman–Crippen LogP) is 3.40. The van der Waals surface area contributed by atoms with Crippen molar-refractivity contribution in [2.24, 2.45) is 5.92 Å². The summed E-state index contributed by atoms with van der Waals surface area (Å²) in [4.78, 5) is 13.9. The summed E-state index contributed by atoms with van der Waals surface area (Å²) in [5.74, 6) is 0.558. The van der Waals surface area contributed by atoms with Crippen LogP contribution in [0, 0.1) is 12.8 Å². The molecule has 1 aliphatic heterocycles. The quantitative estimate of drug-likeness (QED) is 0.839. The lowest BCUT2D eigenvalue weighted by molar-refractivity contribution is 0.0163. The maximum atomic E-state index is 12.0. The first kappa shape index (κ1) is 15.9. The van der Waals surface area contributed by atoms with Crippen LogP contribution in [0.15, 0.2) is 12.4 Å². The molecule has 0 N–H and O–H groups in total. The lowest BCUT2D eigenvalue weighted by atomic mass is 9.90. The summed E-state index contributed by atoms with van der Waals surface area (Å²) in [7, 11) is 0. The van der Waals surface area contributed by atoms with Gasteiger partial charge in [-0.1, -0.05) is 0 Å². The molecule has 1 atom stereocenters. The first-order chi connectivity index (χ1) is 9.76. The van der Waals surface area contributed by atoms with Gasteiger partial charge in [-0.25, -0.2) is 4.79 Å². The van der Waals surface area contributed by atoms with Crippen LogP contribution in [0.1, 0.15) is 52.1 Å². The van der Waals surface area contributed by atoms with E-state index in [1.54, 1.807) is 0 Å². The van der Waals surface area contributed by atoms with Gasteiger partial charge in [0.25, 0.3) is 0 Å². The van der Waals surface area contributed by atoms with Crippen LogP contribution in [-0.4, -0.2) is 39.5 Å². The molecule has 0 aromatic carbocycles. The summed E-state index contributed by atoms with van der Waals surface area (Å²) in [5, 5.41) is 4.40. The number of aromatic nitrogens is 2. The number of piperidine rings is 1. The molecule has 118 valence electrons. The molecular weight excluding hydrogens is 266 g/mol. The molecule has 0 aliphatic carbocycles. The van der Waals surface area contributed by atoms with Crippen LogP contribution in [0.25, 0.3) is 0 Å². The molecule has 1 amide bonds. The maximum Gasteiger partial charge on any atom is 0.410 e. The number of ether oxygens (including phenoxy) is 1. The van der Waals surface area contributed by atoms with Gasteiger partial charge in [0.05, 0.1) is 12.2 Å². The van der Waals surface area contributed by atoms with E-state index < -0.39 is 5.60 Å². The van der Waals surface area contributed by atoms with Crippen molar-refractivity contribution in [3.05, 3.63) is 18.0 Å². The zero-order chi connectivity index (χ0) is 15.6. The number of amides is 1. The zero-order valence-corrected chi connectivity index (χ0v) is 13.8. The molecule has 1 fully saturated rings. The van der Waals surface area contributed by atoms with Crippen LogP contribution in [0.5, 0.6) is 0 Å². The average molecular weight is 293 g/mol. The number of hydrogen-bond acceptors (Lipinski definition) is 3. The van der Waals surface area contributed by atoms with E-state index in [9.17, 15) is 4.79 Å². The second-order valence-corrected chi connectivity index (χ2v) is 7.04. The number of aryl methyl sites for hydroxylation is 1. The third-order valence-electron chi connectivity index (χ3n) is 4.02. The molecule has 1 aliphatic rings. The summed E-state index contributed by atoms with van der Waals surface area (Å²) in [6, 6.07) is 0.375. The summed E-state index contributed by atoms with van der Waals surface area (Å²) >= 11 is 0. The Kier molecular flexibility index (Phi) is 4.59. The van der Waals surface area contributed by atoms with Gasteiger partial charge < -0.3 is 9.64 Å². The summed E-state index contributed by atoms with van der Waals surface area (Å²) in [6.45, 7) is 11.5. The highest BCUT2D eigenvalue weighted by molar-refractivity contribution is 5.68. The number of rotatable bonds is 2. The van der Waals surface area contributed by atoms with Crippen molar-refractivity contribution in [2.45, 2.75) is 59.1 Å². The molecule has 0 unspecified atom stereocenters. The standard InChI is InChI=1S/C16H27N3O2/c1-12-10-17-19(11-12)13(2)14-6-8-18(9-7-14)15(20)21-16(3,4)5/h10-11,13-14H,6-9H2,1-5H3/t13-/m0/s1. The van der Waals surface area contributed by atoms with Crippen molar-refractivity contribution in [1.29, 1.82) is 0 Å². The third kappa shape index (κ3) is 4.22. The Labute approximate surface area is 127 Å². The first-order valence-corrected chi connectivity index (χ1v) is 7.75. The number of carbonyl (C=O) groups excluding carboxylic acids is 1. The Morgan fingerprint density at radius 1 is 1.38 bits per heavy atom. The van der Waals surface area contributed by atoms with Gasteiger partial charge in [0.15, 0.2) is 0 Å². The molecule has 1 saturated heterocycles. The smallest absolute Gasteiger partial charge is 0.410 e. The number of nitrogens with zero attached hydrogens (tertiary/aromatic N) is 3. The van der Waals surface area contributed by atoms with E-state index in [2.05, 4.69) is 25.1 Å². The second kappa shape index (κ2) is 6.08. The van der Waals surface area contributed by atoms with Gasteiger partial charge in [-0.15, -0.1) is 0 Å². The van der Waals surface area contributed by atoms with Crippen molar-refractivity contribution in [3.8, 4) is 0 Å². The van der Waals surface area contributed by atoms with E-state index in [0.29, 0.717) is 12.0 Å². The monoisotopic (exact) mass is 293 g/mol. The molecule has 5 nitrogen and oxygen atoms in total. The number of likely N-dealkylation sites (tertiary alicyclic amines) is 1. The van der Waals surface area contributed by atoms with Crippen LogP contribution in [-0.2, 0) is 4.74 Å². The van der Waals surface area contributed by atoms with E-state index in [-0.39, 0.29) is 6.09 Å². The van der Waals surface area contributed by atoms with E-state index in [1.807, 2.05) is 36.5 Å². The lowest BCUT2D eigenvalue weighted by Gasteiger charge is -2.35. The molecule has 0 bridgehead atoms. The van der Waals surface area contributed by atoms with Gasteiger partial charge >= 0.3 is 6.09 Å². The summed E-state index contributed by atoms with van der Waals surface area (Å²) < 4.78 is 7.48. The molecule has 1 aromatic heterocycles. The van der Waals surface area contributed by atoms with E-state index in [4.69, 9.17) is 4.74 Å². The normalized spacial score (nSPS) is 18.6. The predicted molar refractivity (Wildman–Crippen MR) is 82.2 cm³/mol. The van der Waals surface area contributed by atoms with E-state index in [0.717, 1.165) is 25.9 Å². The molecular formula is C16H27N3O2. The Morgan fingerprint density at radius 2 is 2.00 bits per heavy atom.